The number of aryl methyl sites for hydroxylation is 1. The first-order valence-corrected chi connectivity index (χ1v) is 7.25. The minimum absolute atomic E-state index is 0.242. The Balaban J connectivity index is 1.84. The number of aromatic nitrogens is 2. The van der Waals surface area contributed by atoms with Crippen LogP contribution in [0, 0.1) is 11.6 Å². The normalized spacial score (nSPS) is 22.4. The van der Waals surface area contributed by atoms with Crippen molar-refractivity contribution in [3.8, 4) is 0 Å². The summed E-state index contributed by atoms with van der Waals surface area (Å²) in [6.07, 6.45) is 0.383. The number of aliphatic hydroxyl groups is 1. The van der Waals surface area contributed by atoms with Gasteiger partial charge in [-0.25, -0.2) is 8.78 Å². The molecular weight excluding hydrogens is 292 g/mol. The molecule has 0 radical (unpaired) electrons. The third-order valence-corrected chi connectivity index (χ3v) is 3.85. The van der Waals surface area contributed by atoms with Gasteiger partial charge in [0.1, 0.15) is 11.6 Å². The molecule has 118 valence electrons. The van der Waals surface area contributed by atoms with Gasteiger partial charge in [-0.1, -0.05) is 6.92 Å². The summed E-state index contributed by atoms with van der Waals surface area (Å²) in [7, 11) is 0. The van der Waals surface area contributed by atoms with E-state index in [2.05, 4.69) is 10.2 Å². The summed E-state index contributed by atoms with van der Waals surface area (Å²) in [6.45, 7) is 2.55. The van der Waals surface area contributed by atoms with Gasteiger partial charge in [-0.3, -0.25) is 4.90 Å². The van der Waals surface area contributed by atoms with E-state index < -0.39 is 23.8 Å². The van der Waals surface area contributed by atoms with Crippen LogP contribution in [-0.4, -0.2) is 32.9 Å². The van der Waals surface area contributed by atoms with Crippen LogP contribution in [0.4, 0.5) is 8.78 Å². The summed E-state index contributed by atoms with van der Waals surface area (Å²) in [5.41, 5.74) is 0.242. The lowest BCUT2D eigenvalue weighted by Gasteiger charge is -2.23. The van der Waals surface area contributed by atoms with Crippen molar-refractivity contribution in [1.82, 2.24) is 15.1 Å². The fraction of sp³-hybridized carbons (Fsp3) is 0.467. The summed E-state index contributed by atoms with van der Waals surface area (Å²) < 4.78 is 32.9. The molecule has 0 saturated carbocycles. The van der Waals surface area contributed by atoms with Crippen molar-refractivity contribution in [1.29, 1.82) is 0 Å². The number of halogens is 2. The summed E-state index contributed by atoms with van der Waals surface area (Å²) in [4.78, 5) is 1.83. The van der Waals surface area contributed by atoms with Crippen LogP contribution < -0.4 is 0 Å². The second-order valence-corrected chi connectivity index (χ2v) is 5.44. The van der Waals surface area contributed by atoms with E-state index in [1.165, 1.54) is 6.07 Å². The molecule has 0 bridgehead atoms. The highest BCUT2D eigenvalue weighted by molar-refractivity contribution is 5.24. The molecule has 1 aromatic heterocycles. The van der Waals surface area contributed by atoms with Crippen LogP contribution in [-0.2, 0) is 13.0 Å². The van der Waals surface area contributed by atoms with Crippen molar-refractivity contribution < 1.29 is 18.3 Å². The van der Waals surface area contributed by atoms with Crippen molar-refractivity contribution >= 4 is 0 Å². The fourth-order valence-electron chi connectivity index (χ4n) is 2.82. The van der Waals surface area contributed by atoms with Crippen molar-refractivity contribution in [3.05, 3.63) is 47.2 Å². The maximum atomic E-state index is 14.0. The smallest absolute Gasteiger partial charge is 0.230 e. The maximum Gasteiger partial charge on any atom is 0.230 e. The molecule has 2 atom stereocenters. The Morgan fingerprint density at radius 2 is 2.09 bits per heavy atom. The van der Waals surface area contributed by atoms with E-state index in [9.17, 15) is 13.9 Å². The van der Waals surface area contributed by atoms with E-state index in [0.29, 0.717) is 37.7 Å². The van der Waals surface area contributed by atoms with E-state index >= 15 is 0 Å². The van der Waals surface area contributed by atoms with Gasteiger partial charge in [0.15, 0.2) is 0 Å². The average Bonchev–Trinajstić information content (AvgIpc) is 3.08. The van der Waals surface area contributed by atoms with E-state index in [1.54, 1.807) is 0 Å². The Labute approximate surface area is 126 Å². The van der Waals surface area contributed by atoms with Crippen molar-refractivity contribution in [3.63, 3.8) is 0 Å². The highest BCUT2D eigenvalue weighted by atomic mass is 19.1. The number of nitrogens with zero attached hydrogens (tertiary/aromatic N) is 3. The fourth-order valence-corrected chi connectivity index (χ4v) is 2.82. The van der Waals surface area contributed by atoms with Crippen molar-refractivity contribution in [2.24, 2.45) is 0 Å². The molecule has 7 heteroatoms. The van der Waals surface area contributed by atoms with Gasteiger partial charge in [-0.2, -0.15) is 0 Å². The topological polar surface area (TPSA) is 62.4 Å². The molecule has 0 amide bonds. The number of β-amino-alcohol motifs (C(OH)–C–C–N with tert-alkyl or cyclic N) is 1. The molecule has 0 aliphatic carbocycles. The second kappa shape index (κ2) is 6.10. The number of hydrogen-bond donors (Lipinski definition) is 1. The Bertz CT molecular complexity index is 662. The molecule has 0 unspecified atom stereocenters. The molecule has 0 spiro atoms. The lowest BCUT2D eigenvalue weighted by atomic mass is 10.0. The Hall–Kier alpha value is -1.86. The molecule has 1 aliphatic heterocycles. The van der Waals surface area contributed by atoms with Gasteiger partial charge in [-0.15, -0.1) is 10.2 Å². The van der Waals surface area contributed by atoms with Crippen LogP contribution in [0.2, 0.25) is 0 Å². The van der Waals surface area contributed by atoms with Gasteiger partial charge in [0.05, 0.1) is 12.6 Å². The monoisotopic (exact) mass is 309 g/mol. The SMILES string of the molecule is CCc1nnc(CN2C[C@@H](O)C[C@H]2c2cc(F)ccc2F)o1. The first kappa shape index (κ1) is 15.1. The van der Waals surface area contributed by atoms with Crippen LogP contribution in [0.1, 0.15) is 36.7 Å². The zero-order valence-corrected chi connectivity index (χ0v) is 12.2. The highest BCUT2D eigenvalue weighted by Gasteiger charge is 2.34. The van der Waals surface area contributed by atoms with Gasteiger partial charge >= 0.3 is 0 Å². The minimum atomic E-state index is -0.596. The zero-order chi connectivity index (χ0) is 15.7. The van der Waals surface area contributed by atoms with Gasteiger partial charge in [0.25, 0.3) is 0 Å². The van der Waals surface area contributed by atoms with Gasteiger partial charge < -0.3 is 9.52 Å². The minimum Gasteiger partial charge on any atom is -0.424 e. The largest absolute Gasteiger partial charge is 0.424 e. The molecule has 2 aromatic rings. The van der Waals surface area contributed by atoms with Gasteiger partial charge in [0, 0.05) is 24.6 Å². The first-order valence-electron chi connectivity index (χ1n) is 7.25. The van der Waals surface area contributed by atoms with Crippen molar-refractivity contribution in [2.45, 2.75) is 38.5 Å². The van der Waals surface area contributed by atoms with Crippen LogP contribution in [0.3, 0.4) is 0 Å². The second-order valence-electron chi connectivity index (χ2n) is 5.44. The standard InChI is InChI=1S/C15H17F2N3O2/c1-2-14-18-19-15(22-14)8-20-7-10(21)6-13(20)11-5-9(16)3-4-12(11)17/h3-5,10,13,21H,2,6-8H2,1H3/t10-,13-/m0/s1. The first-order chi connectivity index (χ1) is 10.6. The highest BCUT2D eigenvalue weighted by Crippen LogP contribution is 2.34. The number of likely N-dealkylation sites (tertiary alicyclic amines) is 1. The molecular formula is C15H17F2N3O2. The van der Waals surface area contributed by atoms with Gasteiger partial charge in [0.2, 0.25) is 11.8 Å². The van der Waals surface area contributed by atoms with Crippen LogP contribution >= 0.6 is 0 Å². The van der Waals surface area contributed by atoms with E-state index in [-0.39, 0.29) is 5.56 Å². The number of hydrogen-bond acceptors (Lipinski definition) is 5. The third-order valence-electron chi connectivity index (χ3n) is 3.85. The lowest BCUT2D eigenvalue weighted by molar-refractivity contribution is 0.166. The molecule has 1 aromatic carbocycles. The Morgan fingerprint density at radius 3 is 2.82 bits per heavy atom. The van der Waals surface area contributed by atoms with Crippen LogP contribution in [0.5, 0.6) is 0 Å². The number of rotatable bonds is 4. The van der Waals surface area contributed by atoms with Crippen molar-refractivity contribution in [2.75, 3.05) is 6.54 Å². The van der Waals surface area contributed by atoms with E-state index in [1.807, 2.05) is 11.8 Å². The zero-order valence-electron chi connectivity index (χ0n) is 12.2. The third kappa shape index (κ3) is 3.00. The molecule has 1 saturated heterocycles. The molecule has 3 rings (SSSR count). The quantitative estimate of drug-likeness (QED) is 0.938. The average molecular weight is 309 g/mol. The number of benzene rings is 1. The van der Waals surface area contributed by atoms with Gasteiger partial charge in [-0.05, 0) is 24.6 Å². The lowest BCUT2D eigenvalue weighted by Crippen LogP contribution is -2.25. The van der Waals surface area contributed by atoms with E-state index in [0.717, 1.165) is 12.1 Å². The molecule has 1 fully saturated rings. The van der Waals surface area contributed by atoms with E-state index in [4.69, 9.17) is 4.42 Å². The predicted octanol–water partition coefficient (Wildman–Crippen LogP) is 2.22. The molecule has 22 heavy (non-hydrogen) atoms. The summed E-state index contributed by atoms with van der Waals surface area (Å²) in [5.74, 6) is -0.0370. The molecule has 1 aliphatic rings. The van der Waals surface area contributed by atoms with Crippen LogP contribution in [0.15, 0.2) is 22.6 Å². The molecule has 1 N–H and O–H groups in total. The summed E-state index contributed by atoms with van der Waals surface area (Å²) in [5, 5.41) is 17.7. The number of aliphatic hydroxyl groups excluding tert-OH is 1. The summed E-state index contributed by atoms with van der Waals surface area (Å²) >= 11 is 0. The predicted molar refractivity (Wildman–Crippen MR) is 73.8 cm³/mol. The van der Waals surface area contributed by atoms with Crippen LogP contribution in [0.25, 0.3) is 0 Å². The summed E-state index contributed by atoms with van der Waals surface area (Å²) in [6, 6.07) is 2.95. The maximum absolute atomic E-state index is 14.0. The molecule has 5 nitrogen and oxygen atoms in total. The Kier molecular flexibility index (Phi) is 4.17. The molecule has 2 heterocycles. The Morgan fingerprint density at radius 1 is 1.32 bits per heavy atom.